The molecule has 0 radical (unpaired) electrons. The predicted molar refractivity (Wildman–Crippen MR) is 106 cm³/mol. The molecular weight excluding hydrogens is 322 g/mol. The van der Waals surface area contributed by atoms with E-state index < -0.39 is 0 Å². The lowest BCUT2D eigenvalue weighted by Crippen LogP contribution is -2.24. The van der Waals surface area contributed by atoms with E-state index in [4.69, 9.17) is 4.74 Å². The molecule has 1 amide bonds. The standard InChI is InChI=1S/C23H23NO2/c1-2-3-14-26-21-11-7-6-10-18(21)20-15-22(25)24-23-17-9-5-4-8-16(17)12-13-19(20)23/h4-13,20H,2-3,14-15H2,1H3,(H,24,25)/t20-/m0/s1. The van der Waals surface area contributed by atoms with Crippen LogP contribution in [0.4, 0.5) is 5.69 Å². The third-order valence-corrected chi connectivity index (χ3v) is 5.04. The van der Waals surface area contributed by atoms with Gasteiger partial charge in [-0.05, 0) is 23.4 Å². The number of unbranched alkanes of at least 4 members (excludes halogenated alkanes) is 1. The zero-order chi connectivity index (χ0) is 17.9. The minimum absolute atomic E-state index is 0.0150. The van der Waals surface area contributed by atoms with E-state index in [2.05, 4.69) is 42.6 Å². The first-order chi connectivity index (χ1) is 12.8. The van der Waals surface area contributed by atoms with Crippen LogP contribution in [0.15, 0.2) is 60.7 Å². The number of hydrogen-bond donors (Lipinski definition) is 1. The SMILES string of the molecule is CCCCOc1ccccc1[C@@H]1CC(=O)Nc2c1ccc1ccccc21. The van der Waals surface area contributed by atoms with Crippen molar-refractivity contribution in [2.75, 3.05) is 11.9 Å². The van der Waals surface area contributed by atoms with Crippen molar-refractivity contribution in [2.24, 2.45) is 0 Å². The van der Waals surface area contributed by atoms with E-state index in [9.17, 15) is 4.79 Å². The summed E-state index contributed by atoms with van der Waals surface area (Å²) in [7, 11) is 0. The fraction of sp³-hybridized carbons (Fsp3) is 0.261. The molecule has 0 saturated heterocycles. The van der Waals surface area contributed by atoms with Gasteiger partial charge in [-0.3, -0.25) is 4.79 Å². The Labute approximate surface area is 154 Å². The molecular formula is C23H23NO2. The first kappa shape index (κ1) is 16.6. The quantitative estimate of drug-likeness (QED) is 0.621. The van der Waals surface area contributed by atoms with Gasteiger partial charge in [-0.15, -0.1) is 0 Å². The lowest BCUT2D eigenvalue weighted by Gasteiger charge is -2.28. The van der Waals surface area contributed by atoms with Gasteiger partial charge >= 0.3 is 0 Å². The summed E-state index contributed by atoms with van der Waals surface area (Å²) < 4.78 is 6.04. The molecule has 0 aromatic heterocycles. The van der Waals surface area contributed by atoms with Crippen LogP contribution in [-0.4, -0.2) is 12.5 Å². The van der Waals surface area contributed by atoms with Crippen LogP contribution in [0.2, 0.25) is 0 Å². The topological polar surface area (TPSA) is 38.3 Å². The Balaban J connectivity index is 1.80. The molecule has 0 unspecified atom stereocenters. The van der Waals surface area contributed by atoms with Gasteiger partial charge in [0, 0.05) is 23.3 Å². The van der Waals surface area contributed by atoms with Gasteiger partial charge in [0.05, 0.1) is 12.3 Å². The van der Waals surface area contributed by atoms with Crippen LogP contribution in [0.5, 0.6) is 5.75 Å². The summed E-state index contributed by atoms with van der Waals surface area (Å²) in [5.74, 6) is 0.961. The fourth-order valence-corrected chi connectivity index (χ4v) is 3.71. The summed E-state index contributed by atoms with van der Waals surface area (Å²) in [6.45, 7) is 2.86. The maximum atomic E-state index is 12.5. The minimum atomic E-state index is 0.0150. The highest BCUT2D eigenvalue weighted by Crippen LogP contribution is 2.43. The number of fused-ring (bicyclic) bond motifs is 3. The van der Waals surface area contributed by atoms with Crippen molar-refractivity contribution in [3.8, 4) is 5.75 Å². The first-order valence-electron chi connectivity index (χ1n) is 9.31. The molecule has 3 heteroatoms. The Bertz CT molecular complexity index is 948. The van der Waals surface area contributed by atoms with Gasteiger partial charge < -0.3 is 10.1 Å². The van der Waals surface area contributed by atoms with E-state index in [1.165, 1.54) is 0 Å². The molecule has 1 aliphatic heterocycles. The van der Waals surface area contributed by atoms with Gasteiger partial charge in [0.15, 0.2) is 0 Å². The highest BCUT2D eigenvalue weighted by molar-refractivity contribution is 6.06. The number of carbonyl (C=O) groups is 1. The summed E-state index contributed by atoms with van der Waals surface area (Å²) in [4.78, 5) is 12.5. The zero-order valence-electron chi connectivity index (χ0n) is 15.0. The summed E-state index contributed by atoms with van der Waals surface area (Å²) in [6, 6.07) is 20.6. The molecule has 26 heavy (non-hydrogen) atoms. The fourth-order valence-electron chi connectivity index (χ4n) is 3.71. The van der Waals surface area contributed by atoms with Crippen LogP contribution >= 0.6 is 0 Å². The lowest BCUT2D eigenvalue weighted by atomic mass is 9.83. The maximum Gasteiger partial charge on any atom is 0.225 e. The van der Waals surface area contributed by atoms with Crippen LogP contribution in [0.1, 0.15) is 43.2 Å². The summed E-state index contributed by atoms with van der Waals surface area (Å²) in [6.07, 6.45) is 2.57. The number of hydrogen-bond acceptors (Lipinski definition) is 2. The third kappa shape index (κ3) is 3.05. The smallest absolute Gasteiger partial charge is 0.225 e. The minimum Gasteiger partial charge on any atom is -0.493 e. The molecule has 1 heterocycles. The highest BCUT2D eigenvalue weighted by Gasteiger charge is 2.29. The second-order valence-electron chi connectivity index (χ2n) is 6.80. The van der Waals surface area contributed by atoms with Crippen molar-refractivity contribution in [1.29, 1.82) is 0 Å². The molecule has 0 saturated carbocycles. The molecule has 3 aromatic carbocycles. The number of rotatable bonds is 5. The third-order valence-electron chi connectivity index (χ3n) is 5.04. The van der Waals surface area contributed by atoms with Gasteiger partial charge in [0.1, 0.15) is 5.75 Å². The Morgan fingerprint density at radius 3 is 2.69 bits per heavy atom. The van der Waals surface area contributed by atoms with Crippen LogP contribution < -0.4 is 10.1 Å². The summed E-state index contributed by atoms with van der Waals surface area (Å²) in [5.41, 5.74) is 3.19. The van der Waals surface area contributed by atoms with Crippen LogP contribution in [-0.2, 0) is 4.79 Å². The lowest BCUT2D eigenvalue weighted by molar-refractivity contribution is -0.116. The van der Waals surface area contributed by atoms with E-state index in [-0.39, 0.29) is 11.8 Å². The van der Waals surface area contributed by atoms with Crippen molar-refractivity contribution < 1.29 is 9.53 Å². The van der Waals surface area contributed by atoms with E-state index >= 15 is 0 Å². The predicted octanol–water partition coefficient (Wildman–Crippen LogP) is 5.49. The Morgan fingerprint density at radius 1 is 1.00 bits per heavy atom. The summed E-state index contributed by atoms with van der Waals surface area (Å²) >= 11 is 0. The molecule has 4 rings (SSSR count). The largest absolute Gasteiger partial charge is 0.493 e. The van der Waals surface area contributed by atoms with Crippen molar-refractivity contribution in [1.82, 2.24) is 0 Å². The number of nitrogens with one attached hydrogen (secondary N) is 1. The molecule has 3 aromatic rings. The molecule has 3 nitrogen and oxygen atoms in total. The normalized spacial score (nSPS) is 16.2. The van der Waals surface area contributed by atoms with Crippen molar-refractivity contribution in [2.45, 2.75) is 32.1 Å². The highest BCUT2D eigenvalue weighted by atomic mass is 16.5. The van der Waals surface area contributed by atoms with E-state index in [1.54, 1.807) is 0 Å². The average Bonchev–Trinajstić information content (AvgIpc) is 2.68. The monoisotopic (exact) mass is 345 g/mol. The number of para-hydroxylation sites is 1. The first-order valence-corrected chi connectivity index (χ1v) is 9.31. The van der Waals surface area contributed by atoms with Gasteiger partial charge in [-0.1, -0.05) is 67.9 Å². The Hall–Kier alpha value is -2.81. The van der Waals surface area contributed by atoms with Gasteiger partial charge in [-0.2, -0.15) is 0 Å². The zero-order valence-corrected chi connectivity index (χ0v) is 15.0. The van der Waals surface area contributed by atoms with E-state index in [0.717, 1.165) is 46.2 Å². The van der Waals surface area contributed by atoms with Crippen LogP contribution in [0.25, 0.3) is 10.8 Å². The van der Waals surface area contributed by atoms with Gasteiger partial charge in [0.25, 0.3) is 0 Å². The van der Waals surface area contributed by atoms with Gasteiger partial charge in [-0.25, -0.2) is 0 Å². The number of amides is 1. The molecule has 1 atom stereocenters. The summed E-state index contributed by atoms with van der Waals surface area (Å²) in [5, 5.41) is 5.32. The van der Waals surface area contributed by atoms with Crippen molar-refractivity contribution in [3.05, 3.63) is 71.8 Å². The molecule has 132 valence electrons. The van der Waals surface area contributed by atoms with Crippen molar-refractivity contribution >= 4 is 22.4 Å². The molecule has 1 aliphatic rings. The molecule has 0 aliphatic carbocycles. The molecule has 0 spiro atoms. The van der Waals surface area contributed by atoms with E-state index in [0.29, 0.717) is 13.0 Å². The van der Waals surface area contributed by atoms with Gasteiger partial charge in [0.2, 0.25) is 5.91 Å². The average molecular weight is 345 g/mol. The number of carbonyl (C=O) groups excluding carboxylic acids is 1. The second-order valence-corrected chi connectivity index (χ2v) is 6.80. The number of anilines is 1. The molecule has 0 bridgehead atoms. The second kappa shape index (κ2) is 7.20. The number of benzene rings is 3. The maximum absolute atomic E-state index is 12.5. The number of ether oxygens (including phenoxy) is 1. The molecule has 0 fully saturated rings. The Morgan fingerprint density at radius 2 is 1.81 bits per heavy atom. The molecule has 1 N–H and O–H groups in total. The van der Waals surface area contributed by atoms with Crippen LogP contribution in [0, 0.1) is 0 Å². The van der Waals surface area contributed by atoms with Crippen molar-refractivity contribution in [3.63, 3.8) is 0 Å². The van der Waals surface area contributed by atoms with E-state index in [1.807, 2.05) is 30.3 Å². The Kier molecular flexibility index (Phi) is 4.61. The van der Waals surface area contributed by atoms with Crippen LogP contribution in [0.3, 0.4) is 0 Å².